The van der Waals surface area contributed by atoms with Gasteiger partial charge in [0.2, 0.25) is 0 Å². The molecule has 0 saturated heterocycles. The third kappa shape index (κ3) is 2.15. The van der Waals surface area contributed by atoms with Crippen molar-refractivity contribution in [3.63, 3.8) is 0 Å². The largest absolute Gasteiger partial charge is 0.432 e. The van der Waals surface area contributed by atoms with Crippen molar-refractivity contribution < 1.29 is 17.9 Å². The number of rotatable bonds is 2. The summed E-state index contributed by atoms with van der Waals surface area (Å²) in [4.78, 5) is 0. The summed E-state index contributed by atoms with van der Waals surface area (Å²) in [6.07, 6.45) is 0. The normalized spacial score (nSPS) is 10.4. The topological polar surface area (TPSA) is 9.23 Å². The lowest BCUT2D eigenvalue weighted by molar-refractivity contribution is -0.0522. The van der Waals surface area contributed by atoms with Crippen LogP contribution in [-0.2, 0) is 0 Å². The SMILES string of the molecule is Cc1ccc(OC(F)F)c(F)c1. The molecule has 0 bridgehead atoms. The second-order valence-electron chi connectivity index (χ2n) is 2.31. The summed E-state index contributed by atoms with van der Waals surface area (Å²) in [7, 11) is 0. The minimum Gasteiger partial charge on any atom is -0.432 e. The number of alkyl halides is 2. The fraction of sp³-hybridized carbons (Fsp3) is 0.250. The summed E-state index contributed by atoms with van der Waals surface area (Å²) < 4.78 is 39.9. The Hall–Kier alpha value is -1.19. The highest BCUT2D eigenvalue weighted by molar-refractivity contribution is 5.28. The lowest BCUT2D eigenvalue weighted by Crippen LogP contribution is -2.03. The highest BCUT2D eigenvalue weighted by atomic mass is 19.3. The van der Waals surface area contributed by atoms with Gasteiger partial charge in [-0.1, -0.05) is 6.07 Å². The fourth-order valence-electron chi connectivity index (χ4n) is 0.797. The Bertz CT molecular complexity index is 273. The second kappa shape index (κ2) is 3.47. The van der Waals surface area contributed by atoms with Crippen LogP contribution in [0.15, 0.2) is 18.2 Å². The van der Waals surface area contributed by atoms with E-state index in [0.29, 0.717) is 5.56 Å². The Morgan fingerprint density at radius 3 is 2.50 bits per heavy atom. The monoisotopic (exact) mass is 176 g/mol. The third-order valence-corrected chi connectivity index (χ3v) is 1.30. The average molecular weight is 176 g/mol. The zero-order valence-corrected chi connectivity index (χ0v) is 6.35. The molecule has 0 unspecified atom stereocenters. The van der Waals surface area contributed by atoms with E-state index in [1.165, 1.54) is 12.1 Å². The maximum Gasteiger partial charge on any atom is 0.387 e. The van der Waals surface area contributed by atoms with Crippen molar-refractivity contribution in [2.45, 2.75) is 13.5 Å². The molecule has 0 amide bonds. The maximum atomic E-state index is 12.8. The molecule has 66 valence electrons. The van der Waals surface area contributed by atoms with Crippen LogP contribution in [0.1, 0.15) is 5.56 Å². The molecule has 0 atom stereocenters. The predicted octanol–water partition coefficient (Wildman–Crippen LogP) is 2.74. The highest BCUT2D eigenvalue weighted by Gasteiger charge is 2.08. The van der Waals surface area contributed by atoms with Crippen LogP contribution in [0.5, 0.6) is 5.75 Å². The number of aryl methyl sites for hydroxylation is 1. The van der Waals surface area contributed by atoms with Gasteiger partial charge in [-0.2, -0.15) is 8.78 Å². The van der Waals surface area contributed by atoms with E-state index in [9.17, 15) is 13.2 Å². The molecule has 0 fully saturated rings. The van der Waals surface area contributed by atoms with Gasteiger partial charge in [0.25, 0.3) is 0 Å². The van der Waals surface area contributed by atoms with Crippen LogP contribution in [0, 0.1) is 12.7 Å². The molecule has 0 aliphatic heterocycles. The average Bonchev–Trinajstić information content (AvgIpc) is 1.94. The molecule has 0 aliphatic rings. The fourth-order valence-corrected chi connectivity index (χ4v) is 0.797. The third-order valence-electron chi connectivity index (χ3n) is 1.30. The Kier molecular flexibility index (Phi) is 2.58. The van der Waals surface area contributed by atoms with Gasteiger partial charge in [0.15, 0.2) is 11.6 Å². The summed E-state index contributed by atoms with van der Waals surface area (Å²) >= 11 is 0. The van der Waals surface area contributed by atoms with Crippen molar-refractivity contribution in [1.29, 1.82) is 0 Å². The van der Waals surface area contributed by atoms with Gasteiger partial charge < -0.3 is 4.74 Å². The lowest BCUT2D eigenvalue weighted by atomic mass is 10.2. The molecule has 0 saturated carbocycles. The minimum atomic E-state index is -2.98. The first kappa shape index (κ1) is 8.90. The first-order valence-electron chi connectivity index (χ1n) is 3.30. The Balaban J connectivity index is 2.86. The van der Waals surface area contributed by atoms with E-state index < -0.39 is 18.2 Å². The smallest absolute Gasteiger partial charge is 0.387 e. The molecule has 0 radical (unpaired) electrons. The summed E-state index contributed by atoms with van der Waals surface area (Å²) in [6.45, 7) is -1.32. The standard InChI is InChI=1S/C8H7F3O/c1-5-2-3-7(6(9)4-5)12-8(10)11/h2-4,8H,1H3. The molecular formula is C8H7F3O. The Morgan fingerprint density at radius 1 is 1.33 bits per heavy atom. The van der Waals surface area contributed by atoms with E-state index in [-0.39, 0.29) is 0 Å². The molecule has 12 heavy (non-hydrogen) atoms. The summed E-state index contributed by atoms with van der Waals surface area (Å²) in [5.74, 6) is -1.19. The summed E-state index contributed by atoms with van der Waals surface area (Å²) in [6, 6.07) is 3.81. The summed E-state index contributed by atoms with van der Waals surface area (Å²) in [5.41, 5.74) is 0.661. The van der Waals surface area contributed by atoms with Crippen LogP contribution >= 0.6 is 0 Å². The molecule has 1 rings (SSSR count). The van der Waals surface area contributed by atoms with Gasteiger partial charge in [-0.05, 0) is 24.6 Å². The van der Waals surface area contributed by atoms with Crippen molar-refractivity contribution in [2.75, 3.05) is 0 Å². The molecule has 1 aromatic rings. The van der Waals surface area contributed by atoms with E-state index >= 15 is 0 Å². The number of halogens is 3. The maximum absolute atomic E-state index is 12.8. The van der Waals surface area contributed by atoms with Crippen LogP contribution in [0.25, 0.3) is 0 Å². The first-order chi connectivity index (χ1) is 5.59. The van der Waals surface area contributed by atoms with Crippen molar-refractivity contribution >= 4 is 0 Å². The van der Waals surface area contributed by atoms with Crippen LogP contribution < -0.4 is 4.74 Å². The highest BCUT2D eigenvalue weighted by Crippen LogP contribution is 2.19. The summed E-state index contributed by atoms with van der Waals surface area (Å²) in [5, 5.41) is 0. The Labute approximate surface area is 67.8 Å². The molecule has 0 N–H and O–H groups in total. The molecule has 0 spiro atoms. The van der Waals surface area contributed by atoms with Crippen molar-refractivity contribution in [1.82, 2.24) is 0 Å². The first-order valence-corrected chi connectivity index (χ1v) is 3.30. The van der Waals surface area contributed by atoms with E-state index in [1.807, 2.05) is 0 Å². The zero-order chi connectivity index (χ0) is 9.14. The second-order valence-corrected chi connectivity index (χ2v) is 2.31. The van der Waals surface area contributed by atoms with E-state index in [0.717, 1.165) is 6.07 Å². The van der Waals surface area contributed by atoms with Gasteiger partial charge in [-0.15, -0.1) is 0 Å². The number of hydrogen-bond acceptors (Lipinski definition) is 1. The van der Waals surface area contributed by atoms with Crippen LogP contribution in [0.3, 0.4) is 0 Å². The minimum absolute atomic E-state index is 0.421. The number of hydrogen-bond donors (Lipinski definition) is 0. The number of ether oxygens (including phenoxy) is 1. The van der Waals surface area contributed by atoms with Gasteiger partial charge >= 0.3 is 6.61 Å². The van der Waals surface area contributed by atoms with Gasteiger partial charge in [0.05, 0.1) is 0 Å². The Morgan fingerprint density at radius 2 is 2.00 bits per heavy atom. The van der Waals surface area contributed by atoms with Gasteiger partial charge in [-0.25, -0.2) is 4.39 Å². The van der Waals surface area contributed by atoms with Crippen molar-refractivity contribution in [3.8, 4) is 5.75 Å². The molecule has 4 heteroatoms. The van der Waals surface area contributed by atoms with Crippen LogP contribution in [0.2, 0.25) is 0 Å². The predicted molar refractivity (Wildman–Crippen MR) is 37.8 cm³/mol. The number of benzene rings is 1. The zero-order valence-electron chi connectivity index (χ0n) is 6.35. The van der Waals surface area contributed by atoms with E-state index in [2.05, 4.69) is 4.74 Å². The van der Waals surface area contributed by atoms with Crippen LogP contribution in [-0.4, -0.2) is 6.61 Å². The molecular weight excluding hydrogens is 169 g/mol. The molecule has 1 aromatic carbocycles. The van der Waals surface area contributed by atoms with Gasteiger partial charge in [0.1, 0.15) is 0 Å². The quantitative estimate of drug-likeness (QED) is 0.673. The molecule has 0 aliphatic carbocycles. The molecule has 0 heterocycles. The van der Waals surface area contributed by atoms with E-state index in [1.54, 1.807) is 6.92 Å². The van der Waals surface area contributed by atoms with Crippen molar-refractivity contribution in [2.24, 2.45) is 0 Å². The molecule has 1 nitrogen and oxygen atoms in total. The van der Waals surface area contributed by atoms with Gasteiger partial charge in [0, 0.05) is 0 Å². The van der Waals surface area contributed by atoms with E-state index in [4.69, 9.17) is 0 Å². The molecule has 0 aromatic heterocycles. The van der Waals surface area contributed by atoms with Crippen LogP contribution in [0.4, 0.5) is 13.2 Å². The van der Waals surface area contributed by atoms with Gasteiger partial charge in [-0.3, -0.25) is 0 Å². The lowest BCUT2D eigenvalue weighted by Gasteiger charge is -2.05. The van der Waals surface area contributed by atoms with Crippen molar-refractivity contribution in [3.05, 3.63) is 29.6 Å².